The second kappa shape index (κ2) is 9.00. The van der Waals surface area contributed by atoms with Crippen LogP contribution in [0.4, 0.5) is 5.95 Å². The zero-order valence-corrected chi connectivity index (χ0v) is 17.6. The summed E-state index contributed by atoms with van der Waals surface area (Å²) in [6.07, 6.45) is 0.237. The Balaban J connectivity index is 1.61. The Hall–Kier alpha value is -3.00. The summed E-state index contributed by atoms with van der Waals surface area (Å²) in [4.78, 5) is 23.4. The zero-order valence-electron chi connectivity index (χ0n) is 17.6. The van der Waals surface area contributed by atoms with Crippen molar-refractivity contribution in [3.05, 3.63) is 52.3 Å². The summed E-state index contributed by atoms with van der Waals surface area (Å²) in [7, 11) is 0. The molecule has 0 aliphatic rings. The highest BCUT2D eigenvalue weighted by atomic mass is 16.1. The van der Waals surface area contributed by atoms with Gasteiger partial charge in [0.25, 0.3) is 5.78 Å². The van der Waals surface area contributed by atoms with Crippen molar-refractivity contribution in [3.8, 4) is 0 Å². The lowest BCUT2D eigenvalue weighted by Crippen LogP contribution is -2.26. The van der Waals surface area contributed by atoms with E-state index >= 15 is 0 Å². The minimum atomic E-state index is -0.0577. The number of nitrogens with zero attached hydrogens (tertiary/aromatic N) is 5. The second-order valence-electron chi connectivity index (χ2n) is 7.17. The molecule has 29 heavy (non-hydrogen) atoms. The van der Waals surface area contributed by atoms with Crippen molar-refractivity contribution in [2.75, 3.05) is 18.8 Å². The number of aryl methyl sites for hydroxylation is 2. The number of carbonyl (C=O) groups excluding carboxylic acids is 1. The van der Waals surface area contributed by atoms with E-state index in [9.17, 15) is 4.79 Å². The molecule has 0 fully saturated rings. The van der Waals surface area contributed by atoms with Gasteiger partial charge in [0.2, 0.25) is 11.9 Å². The van der Waals surface area contributed by atoms with Crippen LogP contribution < -0.4 is 11.1 Å². The molecule has 2 heterocycles. The van der Waals surface area contributed by atoms with Crippen LogP contribution in [0.3, 0.4) is 0 Å². The molecule has 1 amide bonds. The van der Waals surface area contributed by atoms with E-state index in [1.54, 1.807) is 4.52 Å². The monoisotopic (exact) mass is 395 g/mol. The van der Waals surface area contributed by atoms with Gasteiger partial charge in [-0.25, -0.2) is 4.98 Å². The number of hydrogen-bond acceptors (Lipinski definition) is 6. The number of carbonyl (C=O) groups is 1. The smallest absolute Gasteiger partial charge is 0.254 e. The van der Waals surface area contributed by atoms with Gasteiger partial charge in [-0.05, 0) is 38.1 Å². The highest BCUT2D eigenvalue weighted by molar-refractivity contribution is 5.79. The first-order chi connectivity index (χ1) is 13.9. The number of nitrogens with one attached hydrogen (secondary N) is 1. The predicted molar refractivity (Wildman–Crippen MR) is 113 cm³/mol. The van der Waals surface area contributed by atoms with Crippen molar-refractivity contribution in [3.63, 3.8) is 0 Å². The van der Waals surface area contributed by atoms with E-state index in [0.29, 0.717) is 12.3 Å². The van der Waals surface area contributed by atoms with E-state index in [1.165, 1.54) is 5.56 Å². The predicted octanol–water partition coefficient (Wildman–Crippen LogP) is 2.02. The van der Waals surface area contributed by atoms with Gasteiger partial charge in [-0.1, -0.05) is 38.1 Å². The summed E-state index contributed by atoms with van der Waals surface area (Å²) in [5.74, 6) is 0.565. The maximum Gasteiger partial charge on any atom is 0.254 e. The number of rotatable bonds is 8. The average molecular weight is 396 g/mol. The van der Waals surface area contributed by atoms with Crippen molar-refractivity contribution >= 4 is 17.6 Å². The van der Waals surface area contributed by atoms with Crippen LogP contribution in [0.5, 0.6) is 0 Å². The van der Waals surface area contributed by atoms with Gasteiger partial charge in [-0.15, -0.1) is 5.10 Å². The second-order valence-corrected chi connectivity index (χ2v) is 7.17. The molecule has 3 N–H and O–H groups in total. The summed E-state index contributed by atoms with van der Waals surface area (Å²) in [6.45, 7) is 11.6. The Morgan fingerprint density at radius 3 is 2.41 bits per heavy atom. The largest absolute Gasteiger partial charge is 0.366 e. The highest BCUT2D eigenvalue weighted by Gasteiger charge is 2.15. The fraction of sp³-hybridized carbons (Fsp3) is 0.429. The summed E-state index contributed by atoms with van der Waals surface area (Å²) in [5, 5.41) is 7.13. The molecule has 0 unspecified atom stereocenters. The number of benzene rings is 1. The first-order valence-electron chi connectivity index (χ1n) is 9.96. The molecule has 0 aliphatic carbocycles. The zero-order chi connectivity index (χ0) is 21.0. The van der Waals surface area contributed by atoms with Crippen molar-refractivity contribution < 1.29 is 4.79 Å². The SMILES string of the molecule is CCN(CC)Cc1ccc(CNC(=O)Cc2c(C)nc3nc(N)nn3c2C)cc1. The van der Waals surface area contributed by atoms with E-state index in [4.69, 9.17) is 5.73 Å². The Morgan fingerprint density at radius 2 is 1.76 bits per heavy atom. The Bertz CT molecular complexity index is 990. The van der Waals surface area contributed by atoms with Crippen LogP contribution >= 0.6 is 0 Å². The Morgan fingerprint density at radius 1 is 1.10 bits per heavy atom. The van der Waals surface area contributed by atoms with Gasteiger partial charge >= 0.3 is 0 Å². The molecule has 3 aromatic rings. The summed E-state index contributed by atoms with van der Waals surface area (Å²) in [5.41, 5.74) is 10.4. The van der Waals surface area contributed by atoms with Gasteiger partial charge in [0.15, 0.2) is 0 Å². The third-order valence-corrected chi connectivity index (χ3v) is 5.22. The van der Waals surface area contributed by atoms with E-state index in [0.717, 1.165) is 42.1 Å². The maximum absolute atomic E-state index is 12.5. The van der Waals surface area contributed by atoms with Crippen molar-refractivity contribution in [2.45, 2.75) is 47.2 Å². The van der Waals surface area contributed by atoms with E-state index < -0.39 is 0 Å². The fourth-order valence-corrected chi connectivity index (χ4v) is 3.37. The molecule has 0 aliphatic heterocycles. The molecule has 1 aromatic carbocycles. The molecule has 0 atom stereocenters. The molecule has 0 radical (unpaired) electrons. The van der Waals surface area contributed by atoms with Crippen molar-refractivity contribution in [1.82, 2.24) is 29.8 Å². The summed E-state index contributed by atoms with van der Waals surface area (Å²) in [6, 6.07) is 8.39. The van der Waals surface area contributed by atoms with Crippen LogP contribution in [-0.4, -0.2) is 43.5 Å². The first kappa shape index (κ1) is 20.7. The van der Waals surface area contributed by atoms with Gasteiger partial charge in [0.1, 0.15) is 0 Å². The van der Waals surface area contributed by atoms with Gasteiger partial charge in [0.05, 0.1) is 6.42 Å². The van der Waals surface area contributed by atoms with Crippen LogP contribution in [0.25, 0.3) is 5.78 Å². The standard InChI is InChI=1S/C21H29N7O/c1-5-27(6-2)13-17-9-7-16(8-10-17)12-23-19(29)11-18-14(3)24-21-25-20(22)26-28(21)15(18)4/h7-10H,5-6,11-13H2,1-4H3,(H2,22,26)(H,23,29). The lowest BCUT2D eigenvalue weighted by atomic mass is 10.1. The molecular formula is C21H29N7O. The number of fused-ring (bicyclic) bond motifs is 1. The minimum Gasteiger partial charge on any atom is -0.366 e. The number of anilines is 1. The topological polar surface area (TPSA) is 101 Å². The van der Waals surface area contributed by atoms with E-state index in [2.05, 4.69) is 63.4 Å². The highest BCUT2D eigenvalue weighted by Crippen LogP contribution is 2.15. The average Bonchev–Trinajstić information content (AvgIpc) is 3.08. The third kappa shape index (κ3) is 4.89. The number of hydrogen-bond donors (Lipinski definition) is 2. The molecular weight excluding hydrogens is 366 g/mol. The van der Waals surface area contributed by atoms with Gasteiger partial charge in [-0.2, -0.15) is 9.50 Å². The number of amides is 1. The minimum absolute atomic E-state index is 0.0577. The van der Waals surface area contributed by atoms with E-state index in [-0.39, 0.29) is 18.3 Å². The molecule has 0 saturated heterocycles. The number of aromatic nitrogens is 4. The molecule has 0 spiro atoms. The van der Waals surface area contributed by atoms with Crippen LogP contribution in [0.15, 0.2) is 24.3 Å². The molecule has 2 aromatic heterocycles. The van der Waals surface area contributed by atoms with Crippen LogP contribution in [0, 0.1) is 13.8 Å². The van der Waals surface area contributed by atoms with Crippen LogP contribution in [-0.2, 0) is 24.3 Å². The Labute approximate surface area is 171 Å². The molecule has 0 saturated carbocycles. The molecule has 3 rings (SSSR count). The molecule has 0 bridgehead atoms. The van der Waals surface area contributed by atoms with Crippen LogP contribution in [0.2, 0.25) is 0 Å². The maximum atomic E-state index is 12.5. The fourth-order valence-electron chi connectivity index (χ4n) is 3.37. The third-order valence-electron chi connectivity index (χ3n) is 5.22. The van der Waals surface area contributed by atoms with Gasteiger partial charge < -0.3 is 11.1 Å². The van der Waals surface area contributed by atoms with Crippen LogP contribution in [0.1, 0.15) is 41.9 Å². The molecule has 8 nitrogen and oxygen atoms in total. The lowest BCUT2D eigenvalue weighted by molar-refractivity contribution is -0.120. The summed E-state index contributed by atoms with van der Waals surface area (Å²) < 4.78 is 1.58. The number of nitrogen functional groups attached to an aromatic ring is 1. The molecule has 154 valence electrons. The quantitative estimate of drug-likeness (QED) is 0.605. The van der Waals surface area contributed by atoms with Gasteiger partial charge in [0, 0.05) is 30.0 Å². The summed E-state index contributed by atoms with van der Waals surface area (Å²) >= 11 is 0. The number of nitrogens with two attached hydrogens (primary N) is 1. The van der Waals surface area contributed by atoms with Gasteiger partial charge in [-0.3, -0.25) is 9.69 Å². The Kier molecular flexibility index (Phi) is 6.43. The normalized spacial score (nSPS) is 11.3. The van der Waals surface area contributed by atoms with Crippen molar-refractivity contribution in [2.24, 2.45) is 0 Å². The first-order valence-corrected chi connectivity index (χ1v) is 9.96. The van der Waals surface area contributed by atoms with E-state index in [1.807, 2.05) is 13.8 Å². The molecule has 8 heteroatoms. The van der Waals surface area contributed by atoms with Crippen molar-refractivity contribution in [1.29, 1.82) is 0 Å². The lowest BCUT2D eigenvalue weighted by Gasteiger charge is -2.18.